The van der Waals surface area contributed by atoms with Gasteiger partial charge in [-0.1, -0.05) is 22.0 Å². The number of nitrogens with one attached hydrogen (secondary N) is 2. The molecule has 0 spiro atoms. The Morgan fingerprint density at radius 3 is 2.52 bits per heavy atom. The van der Waals surface area contributed by atoms with Crippen LogP contribution in [0.1, 0.15) is 33.3 Å². The monoisotopic (exact) mass is 355 g/mol. The molecule has 0 bridgehead atoms. The van der Waals surface area contributed by atoms with Gasteiger partial charge in [0.1, 0.15) is 0 Å². The zero-order valence-corrected chi connectivity index (χ0v) is 15.2. The number of nitrogens with zero attached hydrogens (tertiary/aromatic N) is 1. The maximum Gasteiger partial charge on any atom is 0.239 e. The first-order valence-electron chi connectivity index (χ1n) is 7.24. The van der Waals surface area contributed by atoms with Crippen LogP contribution in [0.3, 0.4) is 0 Å². The van der Waals surface area contributed by atoms with Crippen LogP contribution in [0, 0.1) is 0 Å². The molecule has 0 aromatic heterocycles. The molecule has 0 atom stereocenters. The number of halogens is 1. The number of anilines is 1. The molecule has 0 saturated heterocycles. The summed E-state index contributed by atoms with van der Waals surface area (Å²) in [5.74, 6) is 0.0367. The molecule has 2 N–H and O–H groups in total. The van der Waals surface area contributed by atoms with Gasteiger partial charge in [-0.05, 0) is 45.4 Å². The van der Waals surface area contributed by atoms with Gasteiger partial charge in [-0.25, -0.2) is 0 Å². The summed E-state index contributed by atoms with van der Waals surface area (Å²) in [4.78, 5) is 13.6. The van der Waals surface area contributed by atoms with E-state index in [0.717, 1.165) is 16.7 Å². The zero-order valence-electron chi connectivity index (χ0n) is 13.6. The number of rotatable bonds is 6. The third-order valence-electron chi connectivity index (χ3n) is 3.04. The number of likely N-dealkylation sites (N-methyl/N-ethyl adjacent to an activating group) is 2. The quantitative estimate of drug-likeness (QED) is 0.824. The van der Waals surface area contributed by atoms with Crippen molar-refractivity contribution in [3.05, 3.63) is 28.2 Å². The Bertz CT molecular complexity index is 483. The molecular formula is C16H26BrN3O. The maximum atomic E-state index is 11.6. The molecule has 0 radical (unpaired) electrons. The Morgan fingerprint density at radius 2 is 2.00 bits per heavy atom. The molecule has 0 saturated carbocycles. The highest BCUT2D eigenvalue weighted by molar-refractivity contribution is 9.10. The minimum Gasteiger partial charge on any atom is -0.365 e. The lowest BCUT2D eigenvalue weighted by Gasteiger charge is -2.22. The van der Waals surface area contributed by atoms with Crippen LogP contribution in [0.4, 0.5) is 5.69 Å². The molecule has 118 valence electrons. The van der Waals surface area contributed by atoms with Crippen LogP contribution in [0.15, 0.2) is 22.7 Å². The second-order valence-electron chi connectivity index (χ2n) is 6.19. The predicted molar refractivity (Wildman–Crippen MR) is 92.7 cm³/mol. The van der Waals surface area contributed by atoms with E-state index in [9.17, 15) is 4.79 Å². The van der Waals surface area contributed by atoms with Crippen LogP contribution in [-0.4, -0.2) is 31.6 Å². The number of hydrogen-bond donors (Lipinski definition) is 2. The highest BCUT2D eigenvalue weighted by Gasteiger charge is 2.12. The first-order chi connectivity index (χ1) is 9.73. The van der Waals surface area contributed by atoms with Crippen molar-refractivity contribution in [1.82, 2.24) is 10.6 Å². The van der Waals surface area contributed by atoms with Gasteiger partial charge in [0.05, 0.1) is 6.54 Å². The Hall–Kier alpha value is -1.07. The minimum atomic E-state index is 0.0367. The Labute approximate surface area is 136 Å². The van der Waals surface area contributed by atoms with Crippen molar-refractivity contribution in [2.75, 3.05) is 25.0 Å². The Morgan fingerprint density at radius 1 is 1.33 bits per heavy atom. The summed E-state index contributed by atoms with van der Waals surface area (Å²) in [5, 5.41) is 6.28. The molecule has 0 unspecified atom stereocenters. The van der Waals surface area contributed by atoms with Gasteiger partial charge in [-0.2, -0.15) is 0 Å². The first-order valence-corrected chi connectivity index (χ1v) is 8.03. The van der Waals surface area contributed by atoms with Crippen LogP contribution >= 0.6 is 15.9 Å². The van der Waals surface area contributed by atoms with E-state index in [-0.39, 0.29) is 11.4 Å². The molecule has 5 heteroatoms. The van der Waals surface area contributed by atoms with Crippen molar-refractivity contribution < 1.29 is 4.79 Å². The van der Waals surface area contributed by atoms with Gasteiger partial charge in [0.25, 0.3) is 0 Å². The maximum absolute atomic E-state index is 11.6. The van der Waals surface area contributed by atoms with Crippen molar-refractivity contribution >= 4 is 27.5 Å². The molecule has 0 fully saturated rings. The summed E-state index contributed by atoms with van der Waals surface area (Å²) in [6.45, 7) is 10.2. The number of amides is 1. The number of benzene rings is 1. The zero-order chi connectivity index (χ0) is 16.0. The van der Waals surface area contributed by atoms with Crippen LogP contribution in [0.5, 0.6) is 0 Å². The largest absolute Gasteiger partial charge is 0.365 e. The Kier molecular flexibility index (Phi) is 6.68. The van der Waals surface area contributed by atoms with Gasteiger partial charge in [-0.15, -0.1) is 0 Å². The molecular weight excluding hydrogens is 330 g/mol. The number of hydrogen-bond acceptors (Lipinski definition) is 3. The highest BCUT2D eigenvalue weighted by atomic mass is 79.9. The summed E-state index contributed by atoms with van der Waals surface area (Å²) < 4.78 is 1.06. The standard InChI is InChI=1S/C16H26BrN3O/c1-6-18-15(21)11-20(5)13-8-7-12(14(17)9-13)10-19-16(2,3)4/h7-9,19H,6,10-11H2,1-5H3,(H,18,21). The van der Waals surface area contributed by atoms with Gasteiger partial charge in [0.2, 0.25) is 5.91 Å². The highest BCUT2D eigenvalue weighted by Crippen LogP contribution is 2.24. The molecule has 0 heterocycles. The average Bonchev–Trinajstić information content (AvgIpc) is 2.36. The summed E-state index contributed by atoms with van der Waals surface area (Å²) in [6, 6.07) is 6.19. The minimum absolute atomic E-state index is 0.0367. The molecule has 1 rings (SSSR count). The average molecular weight is 356 g/mol. The van der Waals surface area contributed by atoms with Gasteiger partial charge in [0, 0.05) is 35.8 Å². The van der Waals surface area contributed by atoms with Gasteiger partial charge >= 0.3 is 0 Å². The predicted octanol–water partition coefficient (Wildman–Crippen LogP) is 2.91. The van der Waals surface area contributed by atoms with E-state index < -0.39 is 0 Å². The topological polar surface area (TPSA) is 44.4 Å². The van der Waals surface area contributed by atoms with Crippen molar-refractivity contribution in [2.24, 2.45) is 0 Å². The fraction of sp³-hybridized carbons (Fsp3) is 0.562. The normalized spacial score (nSPS) is 11.3. The third-order valence-corrected chi connectivity index (χ3v) is 3.78. The Balaban J connectivity index is 2.70. The van der Waals surface area contributed by atoms with E-state index in [1.807, 2.05) is 24.9 Å². The van der Waals surface area contributed by atoms with Crippen molar-refractivity contribution in [2.45, 2.75) is 39.8 Å². The lowest BCUT2D eigenvalue weighted by molar-refractivity contribution is -0.119. The molecule has 1 aromatic rings. The fourth-order valence-corrected chi connectivity index (χ4v) is 2.34. The SMILES string of the molecule is CCNC(=O)CN(C)c1ccc(CNC(C)(C)C)c(Br)c1. The molecule has 0 aliphatic carbocycles. The molecule has 0 aliphatic heterocycles. The summed E-state index contributed by atoms with van der Waals surface area (Å²) in [5.41, 5.74) is 2.32. The van der Waals surface area contributed by atoms with E-state index in [4.69, 9.17) is 0 Å². The van der Waals surface area contributed by atoms with Gasteiger partial charge in [-0.3, -0.25) is 4.79 Å². The summed E-state index contributed by atoms with van der Waals surface area (Å²) in [7, 11) is 1.92. The van der Waals surface area contributed by atoms with Crippen LogP contribution in [0.2, 0.25) is 0 Å². The lowest BCUT2D eigenvalue weighted by Crippen LogP contribution is -2.35. The second-order valence-corrected chi connectivity index (χ2v) is 7.04. The van der Waals surface area contributed by atoms with E-state index in [2.05, 4.69) is 59.5 Å². The number of carbonyl (C=O) groups is 1. The molecule has 4 nitrogen and oxygen atoms in total. The van der Waals surface area contributed by atoms with Crippen LogP contribution in [-0.2, 0) is 11.3 Å². The fourth-order valence-electron chi connectivity index (χ4n) is 1.84. The van der Waals surface area contributed by atoms with E-state index in [0.29, 0.717) is 13.1 Å². The van der Waals surface area contributed by atoms with Crippen molar-refractivity contribution in [3.8, 4) is 0 Å². The summed E-state index contributed by atoms with van der Waals surface area (Å²) >= 11 is 3.61. The van der Waals surface area contributed by atoms with E-state index >= 15 is 0 Å². The second kappa shape index (κ2) is 7.80. The molecule has 0 aliphatic rings. The third kappa shape index (κ3) is 6.48. The van der Waals surface area contributed by atoms with E-state index in [1.54, 1.807) is 0 Å². The van der Waals surface area contributed by atoms with Crippen molar-refractivity contribution in [3.63, 3.8) is 0 Å². The van der Waals surface area contributed by atoms with E-state index in [1.165, 1.54) is 5.56 Å². The molecule has 21 heavy (non-hydrogen) atoms. The van der Waals surface area contributed by atoms with Gasteiger partial charge < -0.3 is 15.5 Å². The first kappa shape index (κ1) is 18.0. The molecule has 1 aromatic carbocycles. The van der Waals surface area contributed by atoms with Crippen LogP contribution < -0.4 is 15.5 Å². The lowest BCUT2D eigenvalue weighted by atomic mass is 10.1. The van der Waals surface area contributed by atoms with Crippen molar-refractivity contribution in [1.29, 1.82) is 0 Å². The van der Waals surface area contributed by atoms with Crippen LogP contribution in [0.25, 0.3) is 0 Å². The molecule has 1 amide bonds. The summed E-state index contributed by atoms with van der Waals surface area (Å²) in [6.07, 6.45) is 0. The van der Waals surface area contributed by atoms with Gasteiger partial charge in [0.15, 0.2) is 0 Å². The number of carbonyl (C=O) groups excluding carboxylic acids is 1. The smallest absolute Gasteiger partial charge is 0.239 e.